The summed E-state index contributed by atoms with van der Waals surface area (Å²) in [7, 11) is -0.375. The minimum atomic E-state index is -0.375. The SMILES string of the molecule is CCCCCCCCC1(CCCCCCCC)c2ccccc2-c2ccc(-c3ccc4c(c3)C(C)(C)c3cc(-c5ccc6c(c5)C(C)(C)c5cc(B7OC(C)(C)C(C)(C)O7)ccc5-6)ccc3-4)cc21. The molecule has 3 aliphatic carbocycles. The number of benzene rings is 6. The molecular weight excluding hydrogens is 824 g/mol. The van der Waals surface area contributed by atoms with Gasteiger partial charge in [-0.15, -0.1) is 0 Å². The van der Waals surface area contributed by atoms with Crippen molar-refractivity contribution in [2.45, 2.75) is 187 Å². The van der Waals surface area contributed by atoms with Crippen molar-refractivity contribution in [3.8, 4) is 55.6 Å². The molecule has 0 unspecified atom stereocenters. The maximum Gasteiger partial charge on any atom is 0.494 e. The zero-order valence-electron chi connectivity index (χ0n) is 43.3. The van der Waals surface area contributed by atoms with Crippen molar-refractivity contribution in [2.75, 3.05) is 0 Å². The highest BCUT2D eigenvalue weighted by molar-refractivity contribution is 6.62. The van der Waals surface area contributed by atoms with Crippen molar-refractivity contribution in [3.05, 3.63) is 149 Å². The molecule has 0 aromatic heterocycles. The fraction of sp³-hybridized carbons (Fsp3) is 0.446. The lowest BCUT2D eigenvalue weighted by Crippen LogP contribution is -2.41. The van der Waals surface area contributed by atoms with Crippen LogP contribution in [0.5, 0.6) is 0 Å². The molecule has 6 aromatic carbocycles. The van der Waals surface area contributed by atoms with Crippen LogP contribution in [0.4, 0.5) is 0 Å². The van der Waals surface area contributed by atoms with E-state index < -0.39 is 0 Å². The fourth-order valence-electron chi connectivity index (χ4n) is 12.9. The van der Waals surface area contributed by atoms with Crippen LogP contribution < -0.4 is 5.46 Å². The molecule has 1 fully saturated rings. The molecule has 4 aliphatic rings. The average molecular weight is 901 g/mol. The summed E-state index contributed by atoms with van der Waals surface area (Å²) in [5.74, 6) is 0. The van der Waals surface area contributed by atoms with E-state index in [2.05, 4.69) is 184 Å². The van der Waals surface area contributed by atoms with E-state index in [1.807, 2.05) is 0 Å². The van der Waals surface area contributed by atoms with Crippen LogP contribution in [0.3, 0.4) is 0 Å². The largest absolute Gasteiger partial charge is 0.494 e. The summed E-state index contributed by atoms with van der Waals surface area (Å²) in [6.07, 6.45) is 18.5. The van der Waals surface area contributed by atoms with Gasteiger partial charge < -0.3 is 9.31 Å². The first-order valence-electron chi connectivity index (χ1n) is 26.8. The van der Waals surface area contributed by atoms with Gasteiger partial charge in [0.15, 0.2) is 0 Å². The van der Waals surface area contributed by atoms with Crippen molar-refractivity contribution >= 4 is 12.6 Å². The molecule has 0 spiro atoms. The summed E-state index contributed by atoms with van der Waals surface area (Å²) in [5, 5.41) is 0. The molecular formula is C65H77BO2. The topological polar surface area (TPSA) is 18.5 Å². The van der Waals surface area contributed by atoms with Crippen molar-refractivity contribution in [3.63, 3.8) is 0 Å². The van der Waals surface area contributed by atoms with E-state index in [0.717, 1.165) is 5.46 Å². The van der Waals surface area contributed by atoms with Crippen LogP contribution in [0.1, 0.15) is 193 Å². The van der Waals surface area contributed by atoms with Crippen LogP contribution in [0, 0.1) is 0 Å². The van der Waals surface area contributed by atoms with Crippen LogP contribution >= 0.6 is 0 Å². The lowest BCUT2D eigenvalue weighted by atomic mass is 9.70. The van der Waals surface area contributed by atoms with Gasteiger partial charge in [-0.05, 0) is 159 Å². The predicted octanol–water partition coefficient (Wildman–Crippen LogP) is 17.7. The molecule has 352 valence electrons. The van der Waals surface area contributed by atoms with Gasteiger partial charge in [-0.2, -0.15) is 0 Å². The standard InChI is InChI=1S/C65H77BO2/c1-11-13-15-17-19-23-37-65(38-24-20-18-16-14-12-2)55-26-22-21-25-49(55)54-35-30-47(42-60(54)65)46-29-33-51-50-32-27-44(39-56(50)61(3,4)57(51)41-46)45-28-34-52-53-36-31-48(43-59(53)62(5,6)58(52)40-45)66-67-63(7,8)64(9,10)68-66/h21-22,25-36,39-43H,11-20,23-24,37-38H2,1-10H3. The highest BCUT2D eigenvalue weighted by Gasteiger charge is 2.52. The Hall–Kier alpha value is -4.70. The molecule has 1 aliphatic heterocycles. The smallest absolute Gasteiger partial charge is 0.399 e. The Kier molecular flexibility index (Phi) is 12.4. The number of fused-ring (bicyclic) bond motifs is 9. The van der Waals surface area contributed by atoms with Crippen LogP contribution in [0.2, 0.25) is 0 Å². The zero-order valence-corrected chi connectivity index (χ0v) is 43.3. The molecule has 1 saturated heterocycles. The van der Waals surface area contributed by atoms with Gasteiger partial charge in [-0.25, -0.2) is 0 Å². The maximum atomic E-state index is 6.50. The second-order valence-corrected chi connectivity index (χ2v) is 23.3. The van der Waals surface area contributed by atoms with Gasteiger partial charge >= 0.3 is 7.12 Å². The van der Waals surface area contributed by atoms with E-state index >= 15 is 0 Å². The number of unbranched alkanes of at least 4 members (excludes halogenated alkanes) is 10. The predicted molar refractivity (Wildman–Crippen MR) is 290 cm³/mol. The Balaban J connectivity index is 0.940. The van der Waals surface area contributed by atoms with Crippen LogP contribution in [-0.2, 0) is 25.6 Å². The summed E-state index contributed by atoms with van der Waals surface area (Å²) in [5.41, 5.74) is 22.4. The second-order valence-electron chi connectivity index (χ2n) is 23.3. The Bertz CT molecular complexity index is 2820. The fourth-order valence-corrected chi connectivity index (χ4v) is 12.9. The Morgan fingerprint density at radius 2 is 0.706 bits per heavy atom. The van der Waals surface area contributed by atoms with E-state index in [0.29, 0.717) is 0 Å². The van der Waals surface area contributed by atoms with E-state index in [1.165, 1.54) is 168 Å². The van der Waals surface area contributed by atoms with Crippen molar-refractivity contribution in [2.24, 2.45) is 0 Å². The van der Waals surface area contributed by atoms with Gasteiger partial charge in [0.1, 0.15) is 0 Å². The highest BCUT2D eigenvalue weighted by atomic mass is 16.7. The summed E-state index contributed by atoms with van der Waals surface area (Å²) in [6, 6.07) is 45.6. The van der Waals surface area contributed by atoms with Crippen LogP contribution in [0.15, 0.2) is 115 Å². The Labute approximate surface area is 410 Å². The zero-order chi connectivity index (χ0) is 47.6. The number of rotatable bonds is 17. The van der Waals surface area contributed by atoms with Crippen LogP contribution in [0.25, 0.3) is 55.6 Å². The minimum Gasteiger partial charge on any atom is -0.399 e. The monoisotopic (exact) mass is 901 g/mol. The molecule has 0 radical (unpaired) electrons. The van der Waals surface area contributed by atoms with E-state index in [4.69, 9.17) is 9.31 Å². The van der Waals surface area contributed by atoms with Gasteiger partial charge in [-0.1, -0.05) is 210 Å². The first-order valence-corrected chi connectivity index (χ1v) is 26.8. The molecule has 2 nitrogen and oxygen atoms in total. The third-order valence-corrected chi connectivity index (χ3v) is 17.8. The molecule has 10 rings (SSSR count). The van der Waals surface area contributed by atoms with Crippen molar-refractivity contribution in [1.82, 2.24) is 0 Å². The molecule has 68 heavy (non-hydrogen) atoms. The normalized spacial score (nSPS) is 17.9. The van der Waals surface area contributed by atoms with Crippen LogP contribution in [-0.4, -0.2) is 18.3 Å². The second kappa shape index (κ2) is 17.9. The third-order valence-electron chi connectivity index (χ3n) is 17.8. The minimum absolute atomic E-state index is 0.0763. The molecule has 6 aromatic rings. The van der Waals surface area contributed by atoms with Crippen molar-refractivity contribution < 1.29 is 9.31 Å². The lowest BCUT2D eigenvalue weighted by Gasteiger charge is -2.33. The highest BCUT2D eigenvalue weighted by Crippen LogP contribution is 2.57. The number of hydrogen-bond donors (Lipinski definition) is 0. The maximum absolute atomic E-state index is 6.50. The molecule has 0 saturated carbocycles. The summed E-state index contributed by atoms with van der Waals surface area (Å²) >= 11 is 0. The quantitative estimate of drug-likeness (QED) is 0.0671. The molecule has 0 N–H and O–H groups in total. The molecule has 1 heterocycles. The summed E-state index contributed by atoms with van der Waals surface area (Å²) < 4.78 is 13.0. The Morgan fingerprint density at radius 1 is 0.353 bits per heavy atom. The van der Waals surface area contributed by atoms with Gasteiger partial charge in [0.05, 0.1) is 11.2 Å². The number of hydrogen-bond acceptors (Lipinski definition) is 2. The van der Waals surface area contributed by atoms with Crippen molar-refractivity contribution in [1.29, 1.82) is 0 Å². The third kappa shape index (κ3) is 7.87. The van der Waals surface area contributed by atoms with Gasteiger partial charge in [0.25, 0.3) is 0 Å². The van der Waals surface area contributed by atoms with E-state index in [1.54, 1.807) is 11.1 Å². The van der Waals surface area contributed by atoms with E-state index in [-0.39, 0.29) is 34.6 Å². The summed E-state index contributed by atoms with van der Waals surface area (Å²) in [4.78, 5) is 0. The van der Waals surface area contributed by atoms with Gasteiger partial charge in [0, 0.05) is 16.2 Å². The van der Waals surface area contributed by atoms with Gasteiger partial charge in [-0.3, -0.25) is 0 Å². The van der Waals surface area contributed by atoms with E-state index in [9.17, 15) is 0 Å². The molecule has 0 bridgehead atoms. The lowest BCUT2D eigenvalue weighted by molar-refractivity contribution is 0.00578. The average Bonchev–Trinajstić information content (AvgIpc) is 3.91. The van der Waals surface area contributed by atoms with Gasteiger partial charge in [0.2, 0.25) is 0 Å². The molecule has 3 heteroatoms. The summed E-state index contributed by atoms with van der Waals surface area (Å²) in [6.45, 7) is 22.8. The molecule has 0 atom stereocenters. The first kappa shape index (κ1) is 47.0. The first-order chi connectivity index (χ1) is 32.6. The Morgan fingerprint density at radius 3 is 1.16 bits per heavy atom. The molecule has 0 amide bonds.